The first-order valence-corrected chi connectivity index (χ1v) is 7.01. The third-order valence-corrected chi connectivity index (χ3v) is 4.31. The van der Waals surface area contributed by atoms with Crippen LogP contribution in [0.2, 0.25) is 0 Å². The van der Waals surface area contributed by atoms with Crippen molar-refractivity contribution in [2.24, 2.45) is 11.1 Å². The van der Waals surface area contributed by atoms with E-state index in [-0.39, 0.29) is 11.3 Å². The van der Waals surface area contributed by atoms with Crippen LogP contribution < -0.4 is 5.73 Å². The predicted octanol–water partition coefficient (Wildman–Crippen LogP) is 1.24. The summed E-state index contributed by atoms with van der Waals surface area (Å²) in [5.41, 5.74) is 5.66. The maximum Gasteiger partial charge on any atom is 0.219 e. The number of hydrogen-bond donors (Lipinski definition) is 1. The molecule has 0 aliphatic carbocycles. The predicted molar refractivity (Wildman–Crippen MR) is 78.5 cm³/mol. The van der Waals surface area contributed by atoms with Crippen LogP contribution in [0.4, 0.5) is 0 Å². The summed E-state index contributed by atoms with van der Waals surface area (Å²) in [7, 11) is 0. The summed E-state index contributed by atoms with van der Waals surface area (Å²) >= 11 is 5.08. The highest BCUT2D eigenvalue weighted by atomic mass is 32.1. The summed E-state index contributed by atoms with van der Waals surface area (Å²) in [6.07, 6.45) is 2.02. The Balaban J connectivity index is 2.40. The van der Waals surface area contributed by atoms with E-state index in [9.17, 15) is 4.79 Å². The first-order chi connectivity index (χ1) is 8.33. The third-order valence-electron chi connectivity index (χ3n) is 3.75. The molecule has 0 unspecified atom stereocenters. The van der Waals surface area contributed by atoms with Crippen molar-refractivity contribution in [2.45, 2.75) is 33.6 Å². The van der Waals surface area contributed by atoms with Crippen molar-refractivity contribution in [1.29, 1.82) is 0 Å². The van der Waals surface area contributed by atoms with Gasteiger partial charge in [0.15, 0.2) is 0 Å². The molecule has 5 heteroatoms. The Kier molecular flexibility index (Phi) is 5.53. The molecule has 104 valence electrons. The maximum absolute atomic E-state index is 11.3. The van der Waals surface area contributed by atoms with Crippen molar-refractivity contribution < 1.29 is 4.79 Å². The van der Waals surface area contributed by atoms with Crippen LogP contribution in [0.15, 0.2) is 0 Å². The van der Waals surface area contributed by atoms with Gasteiger partial charge in [-0.05, 0) is 25.9 Å². The molecule has 0 aromatic rings. The summed E-state index contributed by atoms with van der Waals surface area (Å²) in [5.74, 6) is 0.181. The van der Waals surface area contributed by atoms with Crippen LogP contribution in [0.25, 0.3) is 0 Å². The highest BCUT2D eigenvalue weighted by Gasteiger charge is 2.23. The van der Waals surface area contributed by atoms with Crippen molar-refractivity contribution in [1.82, 2.24) is 9.80 Å². The van der Waals surface area contributed by atoms with Gasteiger partial charge < -0.3 is 15.5 Å². The molecule has 0 saturated carbocycles. The van der Waals surface area contributed by atoms with Gasteiger partial charge in [0, 0.05) is 32.0 Å². The quantitative estimate of drug-likeness (QED) is 0.782. The average Bonchev–Trinajstić information content (AvgIpc) is 2.51. The number of nitrogens with two attached hydrogens (primary N) is 1. The molecule has 1 fully saturated rings. The standard InChI is InChI=1S/C13H25N3OS/c1-11(17)16-7-4-6-15(9-10-16)8-5-13(2,3)12(14)18/h4-10H2,1-3H3,(H2,14,18). The first-order valence-electron chi connectivity index (χ1n) is 6.61. The molecule has 1 heterocycles. The fourth-order valence-corrected chi connectivity index (χ4v) is 2.17. The number of carbonyl (C=O) groups is 1. The highest BCUT2D eigenvalue weighted by molar-refractivity contribution is 7.80. The molecule has 0 bridgehead atoms. The van der Waals surface area contributed by atoms with E-state index in [1.807, 2.05) is 4.90 Å². The molecule has 1 saturated heterocycles. The molecule has 0 aromatic carbocycles. The molecule has 1 amide bonds. The Morgan fingerprint density at radius 1 is 1.28 bits per heavy atom. The fourth-order valence-electron chi connectivity index (χ4n) is 2.07. The molecule has 1 aliphatic rings. The van der Waals surface area contributed by atoms with E-state index in [1.165, 1.54) is 0 Å². The van der Waals surface area contributed by atoms with Gasteiger partial charge in [-0.2, -0.15) is 0 Å². The SMILES string of the molecule is CC(=O)N1CCCN(CCC(C)(C)C(N)=S)CC1. The number of nitrogens with zero attached hydrogens (tertiary/aromatic N) is 2. The molecular weight excluding hydrogens is 246 g/mol. The van der Waals surface area contributed by atoms with E-state index in [2.05, 4.69) is 18.7 Å². The summed E-state index contributed by atoms with van der Waals surface area (Å²) in [5, 5.41) is 0. The molecule has 2 N–H and O–H groups in total. The third kappa shape index (κ3) is 4.53. The van der Waals surface area contributed by atoms with Crippen LogP contribution in [0.1, 0.15) is 33.6 Å². The summed E-state index contributed by atoms with van der Waals surface area (Å²) < 4.78 is 0. The van der Waals surface area contributed by atoms with Crippen LogP contribution in [-0.4, -0.2) is 53.4 Å². The monoisotopic (exact) mass is 271 g/mol. The fraction of sp³-hybridized carbons (Fsp3) is 0.846. The van der Waals surface area contributed by atoms with Crippen molar-refractivity contribution in [2.75, 3.05) is 32.7 Å². The summed E-state index contributed by atoms with van der Waals surface area (Å²) in [6.45, 7) is 10.5. The lowest BCUT2D eigenvalue weighted by Gasteiger charge is -2.27. The minimum atomic E-state index is -0.0814. The number of carbonyl (C=O) groups excluding carboxylic acids is 1. The molecule has 1 aliphatic heterocycles. The van der Waals surface area contributed by atoms with Gasteiger partial charge >= 0.3 is 0 Å². The van der Waals surface area contributed by atoms with Crippen LogP contribution in [0.5, 0.6) is 0 Å². The molecule has 0 spiro atoms. The lowest BCUT2D eigenvalue weighted by Crippen LogP contribution is -2.37. The number of amides is 1. The molecule has 18 heavy (non-hydrogen) atoms. The molecule has 0 radical (unpaired) electrons. The Hall–Kier alpha value is -0.680. The van der Waals surface area contributed by atoms with Crippen molar-refractivity contribution in [3.63, 3.8) is 0 Å². The van der Waals surface area contributed by atoms with Gasteiger partial charge in [-0.15, -0.1) is 0 Å². The Bertz CT molecular complexity index is 317. The molecule has 0 aromatic heterocycles. The van der Waals surface area contributed by atoms with Crippen molar-refractivity contribution in [3.05, 3.63) is 0 Å². The van der Waals surface area contributed by atoms with E-state index >= 15 is 0 Å². The highest BCUT2D eigenvalue weighted by Crippen LogP contribution is 2.21. The van der Waals surface area contributed by atoms with Gasteiger partial charge in [-0.3, -0.25) is 4.79 Å². The number of rotatable bonds is 4. The van der Waals surface area contributed by atoms with E-state index in [0.717, 1.165) is 45.6 Å². The first kappa shape index (κ1) is 15.4. The molecule has 1 rings (SSSR count). The summed E-state index contributed by atoms with van der Waals surface area (Å²) in [6, 6.07) is 0. The normalized spacial score (nSPS) is 18.5. The van der Waals surface area contributed by atoms with Crippen molar-refractivity contribution >= 4 is 23.1 Å². The van der Waals surface area contributed by atoms with Gasteiger partial charge in [0.25, 0.3) is 0 Å². The van der Waals surface area contributed by atoms with Crippen LogP contribution in [0, 0.1) is 5.41 Å². The van der Waals surface area contributed by atoms with E-state index in [0.29, 0.717) is 4.99 Å². The molecule has 4 nitrogen and oxygen atoms in total. The van der Waals surface area contributed by atoms with Gasteiger partial charge in [-0.1, -0.05) is 26.1 Å². The van der Waals surface area contributed by atoms with Crippen LogP contribution in [-0.2, 0) is 4.79 Å². The zero-order valence-electron chi connectivity index (χ0n) is 11.7. The van der Waals surface area contributed by atoms with Crippen LogP contribution >= 0.6 is 12.2 Å². The second-order valence-corrected chi connectivity index (χ2v) is 6.14. The van der Waals surface area contributed by atoms with Gasteiger partial charge in [0.1, 0.15) is 0 Å². The zero-order valence-corrected chi connectivity index (χ0v) is 12.6. The van der Waals surface area contributed by atoms with Gasteiger partial charge in [-0.25, -0.2) is 0 Å². The van der Waals surface area contributed by atoms with Crippen molar-refractivity contribution in [3.8, 4) is 0 Å². The largest absolute Gasteiger partial charge is 0.393 e. The summed E-state index contributed by atoms with van der Waals surface area (Å²) in [4.78, 5) is 16.3. The van der Waals surface area contributed by atoms with Crippen LogP contribution in [0.3, 0.4) is 0 Å². The van der Waals surface area contributed by atoms with Gasteiger partial charge in [0.05, 0.1) is 4.99 Å². The Labute approximate surface area is 115 Å². The minimum absolute atomic E-state index is 0.0814. The van der Waals surface area contributed by atoms with E-state index in [4.69, 9.17) is 18.0 Å². The Morgan fingerprint density at radius 3 is 2.50 bits per heavy atom. The minimum Gasteiger partial charge on any atom is -0.393 e. The maximum atomic E-state index is 11.3. The number of hydrogen-bond acceptors (Lipinski definition) is 3. The number of thiocarbonyl (C=S) groups is 1. The Morgan fingerprint density at radius 2 is 1.94 bits per heavy atom. The molecule has 0 atom stereocenters. The zero-order chi connectivity index (χ0) is 13.8. The lowest BCUT2D eigenvalue weighted by molar-refractivity contribution is -0.128. The lowest BCUT2D eigenvalue weighted by atomic mass is 9.89. The topological polar surface area (TPSA) is 49.6 Å². The second-order valence-electron chi connectivity index (χ2n) is 5.70. The van der Waals surface area contributed by atoms with E-state index in [1.54, 1.807) is 6.92 Å². The second kappa shape index (κ2) is 6.48. The smallest absolute Gasteiger partial charge is 0.219 e. The van der Waals surface area contributed by atoms with E-state index < -0.39 is 0 Å². The van der Waals surface area contributed by atoms with Gasteiger partial charge in [0.2, 0.25) is 5.91 Å². The average molecular weight is 271 g/mol. The molecular formula is C13H25N3OS.